The standard InChI is InChI=1S/C49H78O19/c1-21(2)24-10-15-49(17-16-47(7)26(31(24)49)18-27(51)41-46(6,13-12-30(52)62-9)25(22(3)4)11-14-48(41,47)8)45(61)68-44-38(59)35(56)33(54)29(66-44)20-63-42-39(60)36(57)40(28(19-50)65-42)67-43-37(58)34(55)32(53)23(5)64-43/h23-29,31-44,50-51,53-60H,1,3,10-20H2,2,4-9H3/t23-,24-,25-,26+,27+,28+,29+,31-,32-,33+,34+,35-,36+,37+,38+,39+,40+,41+,42+,43-,44-,46-,47+,48+,49-/m0/s1. The largest absolute Gasteiger partial charge is 0.469 e. The molecule has 3 aliphatic heterocycles. The lowest BCUT2D eigenvalue weighted by Crippen LogP contribution is -2.68. The third kappa shape index (κ3) is 8.84. The molecule has 4 saturated carbocycles. The Hall–Kier alpha value is -2.18. The van der Waals surface area contributed by atoms with E-state index in [1.165, 1.54) is 14.0 Å². The molecule has 388 valence electrons. The Morgan fingerprint density at radius 1 is 0.706 bits per heavy atom. The summed E-state index contributed by atoms with van der Waals surface area (Å²) >= 11 is 0. The van der Waals surface area contributed by atoms with Crippen molar-refractivity contribution in [1.29, 1.82) is 0 Å². The molecule has 7 rings (SSSR count). The van der Waals surface area contributed by atoms with Gasteiger partial charge < -0.3 is 84.2 Å². The molecule has 19 nitrogen and oxygen atoms in total. The van der Waals surface area contributed by atoms with Gasteiger partial charge in [-0.1, -0.05) is 45.1 Å². The summed E-state index contributed by atoms with van der Waals surface area (Å²) in [7, 11) is 1.38. The lowest BCUT2D eigenvalue weighted by atomic mass is 9.33. The number of allylic oxidation sites excluding steroid dienone is 2. The molecule has 0 unspecified atom stereocenters. The van der Waals surface area contributed by atoms with E-state index in [0.29, 0.717) is 38.5 Å². The average Bonchev–Trinajstić information content (AvgIpc) is 3.70. The van der Waals surface area contributed by atoms with E-state index in [-0.39, 0.29) is 47.4 Å². The van der Waals surface area contributed by atoms with E-state index in [4.69, 9.17) is 33.2 Å². The molecule has 0 aromatic carbocycles. The normalized spacial score (nSPS) is 51.4. The molecule has 0 amide bonds. The Kier molecular flexibility index (Phi) is 15.8. The molecular weight excluding hydrogens is 893 g/mol. The van der Waals surface area contributed by atoms with Crippen molar-refractivity contribution in [1.82, 2.24) is 0 Å². The first-order valence-corrected chi connectivity index (χ1v) is 24.4. The van der Waals surface area contributed by atoms with E-state index in [1.807, 2.05) is 13.8 Å². The Balaban J connectivity index is 1.08. The van der Waals surface area contributed by atoms with Crippen LogP contribution in [-0.4, -0.2) is 182 Å². The fraction of sp³-hybridized carbons (Fsp3) is 0.878. The molecular formula is C49H78O19. The number of carbonyl (C=O) groups is 2. The van der Waals surface area contributed by atoms with Gasteiger partial charge in [-0.2, -0.15) is 0 Å². The van der Waals surface area contributed by atoms with E-state index in [0.717, 1.165) is 24.0 Å². The number of fused-ring (bicyclic) bond motifs is 5. The summed E-state index contributed by atoms with van der Waals surface area (Å²) in [5.41, 5.74) is -0.408. The lowest BCUT2D eigenvalue weighted by Gasteiger charge is -2.71. The monoisotopic (exact) mass is 971 g/mol. The van der Waals surface area contributed by atoms with Crippen LogP contribution in [0.2, 0.25) is 0 Å². The second-order valence-electron chi connectivity index (χ2n) is 22.2. The minimum atomic E-state index is -1.89. The number of hydrogen-bond donors (Lipinski definition) is 10. The maximum atomic E-state index is 15.0. The van der Waals surface area contributed by atoms with Crippen LogP contribution < -0.4 is 0 Å². The molecule has 0 radical (unpaired) electrons. The minimum absolute atomic E-state index is 0.0730. The van der Waals surface area contributed by atoms with Crippen LogP contribution in [0.3, 0.4) is 0 Å². The third-order valence-electron chi connectivity index (χ3n) is 18.6. The molecule has 7 aliphatic rings. The van der Waals surface area contributed by atoms with E-state index >= 15 is 0 Å². The highest BCUT2D eigenvalue weighted by molar-refractivity contribution is 5.78. The molecule has 25 atom stereocenters. The van der Waals surface area contributed by atoms with Gasteiger partial charge in [0.15, 0.2) is 12.6 Å². The van der Waals surface area contributed by atoms with Crippen molar-refractivity contribution in [2.45, 2.75) is 198 Å². The summed E-state index contributed by atoms with van der Waals surface area (Å²) < 4.78 is 39.7. The first-order chi connectivity index (χ1) is 31.8. The average molecular weight is 971 g/mol. The van der Waals surface area contributed by atoms with Crippen LogP contribution in [0.4, 0.5) is 0 Å². The Morgan fingerprint density at radius 2 is 1.34 bits per heavy atom. The highest BCUT2D eigenvalue weighted by atomic mass is 16.8. The van der Waals surface area contributed by atoms with Gasteiger partial charge in [0.05, 0.1) is 37.9 Å². The van der Waals surface area contributed by atoms with Gasteiger partial charge in [0, 0.05) is 6.42 Å². The SMILES string of the molecule is C=C(C)[C@@H]1CC[C@]2(C(=O)O[C@@H]3O[C@H](CO[C@@H]4O[C@H](CO)[C@@H](O[C@@H]5O[C@@H](C)[C@H](O)[C@@H](O)[C@H]5O)[C@H](O)[C@H]4O)[C@@H](O)[C@H](O)[C@H]3O)CC[C@]3(C)[C@H](C[C@@H](O)[C@@H]4[C@@](C)(CCC(=O)OC)[C@H](C(=C)C)CC[C@]43C)[C@H]12. The number of ether oxygens (including phenoxy) is 7. The fourth-order valence-electron chi connectivity index (χ4n) is 14.8. The number of methoxy groups -OCH3 is 1. The fourth-order valence-corrected chi connectivity index (χ4v) is 14.8. The molecule has 3 heterocycles. The summed E-state index contributed by atoms with van der Waals surface area (Å²) in [6, 6.07) is 0. The number of aliphatic hydroxyl groups is 10. The van der Waals surface area contributed by atoms with Crippen molar-refractivity contribution < 1.29 is 93.8 Å². The third-order valence-corrected chi connectivity index (χ3v) is 18.6. The van der Waals surface area contributed by atoms with Gasteiger partial charge in [0.25, 0.3) is 0 Å². The molecule has 0 aromatic rings. The molecule has 7 fully saturated rings. The van der Waals surface area contributed by atoms with Gasteiger partial charge in [0.2, 0.25) is 6.29 Å². The smallest absolute Gasteiger partial charge is 0.314 e. The summed E-state index contributed by atoms with van der Waals surface area (Å²) in [5.74, 6) is -1.64. The number of esters is 2. The molecule has 4 aliphatic carbocycles. The molecule has 0 aromatic heterocycles. The van der Waals surface area contributed by atoms with Gasteiger partial charge in [-0.3, -0.25) is 9.59 Å². The van der Waals surface area contributed by atoms with Gasteiger partial charge in [-0.25, -0.2) is 0 Å². The van der Waals surface area contributed by atoms with Crippen LogP contribution in [0.5, 0.6) is 0 Å². The highest BCUT2D eigenvalue weighted by Crippen LogP contribution is 2.76. The highest BCUT2D eigenvalue weighted by Gasteiger charge is 2.73. The van der Waals surface area contributed by atoms with Crippen molar-refractivity contribution in [3.63, 3.8) is 0 Å². The second kappa shape index (κ2) is 20.0. The molecule has 0 bridgehead atoms. The van der Waals surface area contributed by atoms with Gasteiger partial charge in [-0.15, -0.1) is 0 Å². The van der Waals surface area contributed by atoms with Crippen LogP contribution in [-0.2, 0) is 42.7 Å². The Morgan fingerprint density at radius 3 is 1.97 bits per heavy atom. The topological polar surface area (TPSA) is 301 Å². The number of rotatable bonds is 13. The van der Waals surface area contributed by atoms with E-state index < -0.39 is 134 Å². The van der Waals surface area contributed by atoms with Crippen LogP contribution in [0, 0.1) is 51.2 Å². The van der Waals surface area contributed by atoms with Gasteiger partial charge >= 0.3 is 11.9 Å². The summed E-state index contributed by atoms with van der Waals surface area (Å²) in [6.45, 7) is 19.5. The lowest BCUT2D eigenvalue weighted by molar-refractivity contribution is -0.361. The van der Waals surface area contributed by atoms with Crippen molar-refractivity contribution in [3.8, 4) is 0 Å². The molecule has 0 spiro atoms. The summed E-state index contributed by atoms with van der Waals surface area (Å²) in [5, 5.41) is 109. The van der Waals surface area contributed by atoms with Crippen molar-refractivity contribution in [2.75, 3.05) is 20.3 Å². The molecule has 19 heteroatoms. The second-order valence-corrected chi connectivity index (χ2v) is 22.2. The zero-order valence-electron chi connectivity index (χ0n) is 40.5. The van der Waals surface area contributed by atoms with Crippen LogP contribution in [0.15, 0.2) is 24.3 Å². The summed E-state index contributed by atoms with van der Waals surface area (Å²) in [4.78, 5) is 27.6. The summed E-state index contributed by atoms with van der Waals surface area (Å²) in [6.07, 6.45) is -20.5. The first-order valence-electron chi connectivity index (χ1n) is 24.4. The van der Waals surface area contributed by atoms with E-state index in [1.54, 1.807) is 0 Å². The maximum absolute atomic E-state index is 15.0. The van der Waals surface area contributed by atoms with Crippen LogP contribution in [0.1, 0.15) is 99.3 Å². The van der Waals surface area contributed by atoms with Crippen molar-refractivity contribution >= 4 is 11.9 Å². The first kappa shape index (κ1) is 53.6. The number of hydrogen-bond acceptors (Lipinski definition) is 19. The predicted molar refractivity (Wildman–Crippen MR) is 237 cm³/mol. The van der Waals surface area contributed by atoms with Crippen LogP contribution in [0.25, 0.3) is 0 Å². The number of aliphatic hydroxyl groups excluding tert-OH is 10. The van der Waals surface area contributed by atoms with Crippen molar-refractivity contribution in [3.05, 3.63) is 24.3 Å². The van der Waals surface area contributed by atoms with Gasteiger partial charge in [-0.05, 0) is 118 Å². The maximum Gasteiger partial charge on any atom is 0.314 e. The molecule has 10 N–H and O–H groups in total. The molecule has 68 heavy (non-hydrogen) atoms. The Bertz CT molecular complexity index is 1850. The minimum Gasteiger partial charge on any atom is -0.469 e. The van der Waals surface area contributed by atoms with Crippen molar-refractivity contribution in [2.24, 2.45) is 51.2 Å². The predicted octanol–water partition coefficient (Wildman–Crippen LogP) is 0.343. The molecule has 3 saturated heterocycles. The van der Waals surface area contributed by atoms with E-state index in [9.17, 15) is 60.7 Å². The Labute approximate surface area is 398 Å². The van der Waals surface area contributed by atoms with Gasteiger partial charge in [0.1, 0.15) is 67.1 Å². The van der Waals surface area contributed by atoms with Crippen LogP contribution >= 0.6 is 0 Å². The zero-order chi connectivity index (χ0) is 50.2. The van der Waals surface area contributed by atoms with E-state index in [2.05, 4.69) is 33.9 Å². The quantitative estimate of drug-likeness (QED) is 0.0880. The number of carbonyl (C=O) groups excluding carboxylic acids is 2. The zero-order valence-corrected chi connectivity index (χ0v) is 40.5.